The molecule has 0 amide bonds. The Morgan fingerprint density at radius 3 is 2.64 bits per heavy atom. The molecule has 1 saturated heterocycles. The summed E-state index contributed by atoms with van der Waals surface area (Å²) in [5.41, 5.74) is 0.0758. The van der Waals surface area contributed by atoms with Crippen LogP contribution in [0.15, 0.2) is 18.2 Å². The topological polar surface area (TPSA) is 65.0 Å². The average molecular weight is 316 g/mol. The van der Waals surface area contributed by atoms with Gasteiger partial charge in [-0.3, -0.25) is 4.90 Å². The second-order valence-electron chi connectivity index (χ2n) is 5.23. The molecule has 0 spiro atoms. The van der Waals surface area contributed by atoms with E-state index in [0.29, 0.717) is 32.8 Å². The monoisotopic (exact) mass is 316 g/mol. The van der Waals surface area contributed by atoms with Crippen molar-refractivity contribution in [3.05, 3.63) is 23.8 Å². The van der Waals surface area contributed by atoms with Crippen LogP contribution in [-0.4, -0.2) is 60.4 Å². The second-order valence-corrected chi connectivity index (χ2v) is 5.23. The zero-order valence-electron chi connectivity index (χ0n) is 12.6. The first-order valence-electron chi connectivity index (χ1n) is 7.39. The lowest BCUT2D eigenvalue weighted by atomic mass is 9.97. The maximum atomic E-state index is 14.3. The van der Waals surface area contributed by atoms with Gasteiger partial charge in [-0.1, -0.05) is 12.1 Å². The van der Waals surface area contributed by atoms with Crippen LogP contribution in [0, 0.1) is 0 Å². The Hall–Kier alpha value is -1.44. The van der Waals surface area contributed by atoms with Gasteiger partial charge in [0.15, 0.2) is 11.5 Å². The quantitative estimate of drug-likeness (QED) is 0.740. The summed E-state index contributed by atoms with van der Waals surface area (Å²) in [5, 5.41) is 22.5. The van der Waals surface area contributed by atoms with E-state index < -0.39 is 18.6 Å². The molecule has 1 aliphatic heterocycles. The molecule has 0 radical (unpaired) electrons. The molecule has 0 bridgehead atoms. The fourth-order valence-electron chi connectivity index (χ4n) is 2.75. The van der Waals surface area contributed by atoms with E-state index in [2.05, 4.69) is 5.32 Å². The minimum Gasteiger partial charge on any atom is -0.504 e. The van der Waals surface area contributed by atoms with Gasteiger partial charge in [0.05, 0.1) is 6.61 Å². The van der Waals surface area contributed by atoms with Crippen LogP contribution < -0.4 is 10.1 Å². The molecule has 0 aromatic heterocycles. The highest BCUT2D eigenvalue weighted by atomic mass is 19.3. The molecule has 0 aliphatic carbocycles. The fraction of sp³-hybridized carbons (Fsp3) is 0.600. The Bertz CT molecular complexity index is 494. The van der Waals surface area contributed by atoms with Gasteiger partial charge in [0.2, 0.25) is 0 Å². The molecule has 1 aromatic rings. The molecule has 0 saturated carbocycles. The highest BCUT2D eigenvalue weighted by molar-refractivity contribution is 5.47. The molecule has 1 aromatic carbocycles. The van der Waals surface area contributed by atoms with Crippen molar-refractivity contribution in [2.24, 2.45) is 0 Å². The van der Waals surface area contributed by atoms with E-state index in [9.17, 15) is 13.9 Å². The molecule has 0 unspecified atom stereocenters. The minimum atomic E-state index is -3.36. The first-order chi connectivity index (χ1) is 10.5. The number of para-hydroxylation sites is 1. The highest BCUT2D eigenvalue weighted by Gasteiger charge is 2.45. The fourth-order valence-corrected chi connectivity index (χ4v) is 2.75. The molecule has 1 fully saturated rings. The third-order valence-electron chi connectivity index (χ3n) is 3.75. The van der Waals surface area contributed by atoms with Crippen molar-refractivity contribution in [1.29, 1.82) is 0 Å². The van der Waals surface area contributed by atoms with Crippen LogP contribution in [0.5, 0.6) is 11.5 Å². The second kappa shape index (κ2) is 7.21. The van der Waals surface area contributed by atoms with E-state index in [1.807, 2.05) is 0 Å². The van der Waals surface area contributed by atoms with E-state index in [4.69, 9.17) is 9.84 Å². The van der Waals surface area contributed by atoms with Crippen LogP contribution >= 0.6 is 0 Å². The van der Waals surface area contributed by atoms with Crippen LogP contribution in [0.3, 0.4) is 0 Å². The number of ether oxygens (including phenoxy) is 1. The molecule has 1 heterocycles. The van der Waals surface area contributed by atoms with Gasteiger partial charge in [0.1, 0.15) is 12.6 Å². The Kier molecular flexibility index (Phi) is 5.55. The van der Waals surface area contributed by atoms with Gasteiger partial charge in [-0.25, -0.2) is 8.78 Å². The van der Waals surface area contributed by atoms with Crippen molar-refractivity contribution in [2.75, 3.05) is 39.4 Å². The summed E-state index contributed by atoms with van der Waals surface area (Å²) in [5.74, 6) is -3.48. The van der Waals surface area contributed by atoms with Crippen molar-refractivity contribution < 1.29 is 23.7 Å². The van der Waals surface area contributed by atoms with Crippen molar-refractivity contribution in [2.45, 2.75) is 18.9 Å². The molecule has 2 rings (SSSR count). The average Bonchev–Trinajstić information content (AvgIpc) is 2.52. The van der Waals surface area contributed by atoms with E-state index in [-0.39, 0.29) is 17.1 Å². The Morgan fingerprint density at radius 1 is 1.36 bits per heavy atom. The van der Waals surface area contributed by atoms with Crippen molar-refractivity contribution >= 4 is 0 Å². The molecule has 7 heteroatoms. The Labute approximate surface area is 128 Å². The predicted molar refractivity (Wildman–Crippen MR) is 78.5 cm³/mol. The van der Waals surface area contributed by atoms with Crippen LogP contribution in [-0.2, 0) is 0 Å². The highest BCUT2D eigenvalue weighted by Crippen LogP contribution is 2.43. The number of phenolic OH excluding ortho intramolecular Hbond substituents is 1. The van der Waals surface area contributed by atoms with Gasteiger partial charge in [0, 0.05) is 31.7 Å². The number of hydrogen-bond acceptors (Lipinski definition) is 5. The summed E-state index contributed by atoms with van der Waals surface area (Å²) < 4.78 is 33.9. The molecular formula is C15H22F2N2O3. The summed E-state index contributed by atoms with van der Waals surface area (Å²) in [6.45, 7) is 2.80. The van der Waals surface area contributed by atoms with Crippen LogP contribution in [0.2, 0.25) is 0 Å². The maximum absolute atomic E-state index is 14.3. The minimum absolute atomic E-state index is 0.0758. The summed E-state index contributed by atoms with van der Waals surface area (Å²) in [7, 11) is 0. The number of aliphatic hydroxyl groups is 1. The zero-order valence-corrected chi connectivity index (χ0v) is 12.6. The maximum Gasteiger partial charge on any atom is 0.290 e. The van der Waals surface area contributed by atoms with Crippen molar-refractivity contribution in [3.8, 4) is 11.5 Å². The third kappa shape index (κ3) is 3.48. The summed E-state index contributed by atoms with van der Waals surface area (Å²) in [6, 6.07) is 3.17. The molecule has 1 aliphatic rings. The summed E-state index contributed by atoms with van der Waals surface area (Å²) in [4.78, 5) is 1.58. The lowest BCUT2D eigenvalue weighted by Gasteiger charge is -2.39. The first kappa shape index (κ1) is 16.9. The summed E-state index contributed by atoms with van der Waals surface area (Å²) in [6.07, 6.45) is 0. The number of phenols is 1. The number of rotatable bonds is 6. The van der Waals surface area contributed by atoms with E-state index >= 15 is 0 Å². The Balaban J connectivity index is 2.42. The van der Waals surface area contributed by atoms with E-state index in [0.717, 1.165) is 0 Å². The normalized spacial score (nSPS) is 18.2. The van der Waals surface area contributed by atoms with Gasteiger partial charge in [-0.2, -0.15) is 0 Å². The lowest BCUT2D eigenvalue weighted by Crippen LogP contribution is -2.51. The summed E-state index contributed by atoms with van der Waals surface area (Å²) >= 11 is 0. The third-order valence-corrected chi connectivity index (χ3v) is 3.75. The smallest absolute Gasteiger partial charge is 0.290 e. The van der Waals surface area contributed by atoms with Crippen molar-refractivity contribution in [3.63, 3.8) is 0 Å². The molecular weight excluding hydrogens is 294 g/mol. The van der Waals surface area contributed by atoms with Crippen LogP contribution in [0.1, 0.15) is 18.5 Å². The number of aromatic hydroxyl groups is 1. The number of benzene rings is 1. The number of nitrogens with one attached hydrogen (secondary N) is 1. The van der Waals surface area contributed by atoms with Gasteiger partial charge < -0.3 is 20.3 Å². The predicted octanol–water partition coefficient (Wildman–Crippen LogP) is 1.36. The van der Waals surface area contributed by atoms with Gasteiger partial charge in [-0.05, 0) is 13.0 Å². The number of nitrogens with zero attached hydrogens (tertiary/aromatic N) is 1. The van der Waals surface area contributed by atoms with Crippen molar-refractivity contribution in [1.82, 2.24) is 10.2 Å². The number of alkyl halides is 2. The van der Waals surface area contributed by atoms with Crippen LogP contribution in [0.25, 0.3) is 0 Å². The number of piperazine rings is 1. The Morgan fingerprint density at radius 2 is 2.05 bits per heavy atom. The van der Waals surface area contributed by atoms with E-state index in [1.54, 1.807) is 17.9 Å². The largest absolute Gasteiger partial charge is 0.504 e. The van der Waals surface area contributed by atoms with Crippen LogP contribution in [0.4, 0.5) is 8.78 Å². The van der Waals surface area contributed by atoms with Gasteiger partial charge >= 0.3 is 0 Å². The molecule has 3 N–H and O–H groups in total. The molecule has 124 valence electrons. The number of halogens is 2. The molecule has 5 nitrogen and oxygen atoms in total. The number of hydrogen-bond donors (Lipinski definition) is 3. The number of aliphatic hydroxyl groups excluding tert-OH is 1. The zero-order chi connectivity index (χ0) is 16.2. The molecule has 22 heavy (non-hydrogen) atoms. The van der Waals surface area contributed by atoms with Gasteiger partial charge in [-0.15, -0.1) is 0 Å². The SMILES string of the molecule is CCOc1cccc([C@H](N2CCNCC2)C(F)(F)CO)c1O. The standard InChI is InChI=1S/C15H22F2N2O3/c1-2-22-12-5-3-4-11(13(12)21)14(15(16,17)10-20)19-8-6-18-7-9-19/h3-5,14,18,20-21H,2,6-10H2,1H3/t14-/m0/s1. The first-order valence-corrected chi connectivity index (χ1v) is 7.39. The lowest BCUT2D eigenvalue weighted by molar-refractivity contribution is -0.119. The van der Waals surface area contributed by atoms with Gasteiger partial charge in [0.25, 0.3) is 5.92 Å². The van der Waals surface area contributed by atoms with E-state index in [1.165, 1.54) is 12.1 Å². The molecule has 1 atom stereocenters.